The molecule has 1 N–H and O–H groups in total. The third kappa shape index (κ3) is 3.32. The number of nitrogens with one attached hydrogen (secondary N) is 1. The standard InChI is InChI=1S/C21H20N6O.ClH/c1-13-21-16(11-23-26(21)2)9-17(24-13)18-10-20(28)27-12-15(3-4-19(27)25-18)14-5-7-22-8-6-14;/h3-5,9-12,22H,6-8H2,1-2H3;1H. The van der Waals surface area contributed by atoms with Gasteiger partial charge in [0.1, 0.15) is 5.65 Å². The molecule has 29 heavy (non-hydrogen) atoms. The maximum Gasteiger partial charge on any atom is 0.258 e. The lowest BCUT2D eigenvalue weighted by atomic mass is 10.0. The fourth-order valence-corrected chi connectivity index (χ4v) is 3.86. The second-order valence-electron chi connectivity index (χ2n) is 7.11. The molecular weight excluding hydrogens is 388 g/mol. The Kier molecular flexibility index (Phi) is 4.94. The predicted octanol–water partition coefficient (Wildman–Crippen LogP) is 2.75. The van der Waals surface area contributed by atoms with Crippen molar-refractivity contribution in [2.75, 3.05) is 13.1 Å². The van der Waals surface area contributed by atoms with Crippen LogP contribution < -0.4 is 10.9 Å². The summed E-state index contributed by atoms with van der Waals surface area (Å²) in [6, 6.07) is 7.42. The minimum absolute atomic E-state index is 0. The summed E-state index contributed by atoms with van der Waals surface area (Å²) in [7, 11) is 1.90. The van der Waals surface area contributed by atoms with E-state index in [1.54, 1.807) is 21.3 Å². The fourth-order valence-electron chi connectivity index (χ4n) is 3.86. The van der Waals surface area contributed by atoms with Crippen LogP contribution >= 0.6 is 12.4 Å². The average Bonchev–Trinajstić information content (AvgIpc) is 3.09. The number of hydrogen-bond acceptors (Lipinski definition) is 5. The van der Waals surface area contributed by atoms with Gasteiger partial charge >= 0.3 is 0 Å². The molecule has 0 saturated carbocycles. The maximum absolute atomic E-state index is 12.8. The van der Waals surface area contributed by atoms with Crippen molar-refractivity contribution in [1.82, 2.24) is 29.5 Å². The monoisotopic (exact) mass is 408 g/mol. The Morgan fingerprint density at radius 1 is 1.14 bits per heavy atom. The highest BCUT2D eigenvalue weighted by Crippen LogP contribution is 2.24. The van der Waals surface area contributed by atoms with Crippen LogP contribution in [0.1, 0.15) is 17.7 Å². The van der Waals surface area contributed by atoms with Crippen LogP contribution in [-0.4, -0.2) is 37.2 Å². The molecule has 0 atom stereocenters. The van der Waals surface area contributed by atoms with E-state index in [0.717, 1.165) is 41.7 Å². The average molecular weight is 409 g/mol. The van der Waals surface area contributed by atoms with E-state index < -0.39 is 0 Å². The molecule has 0 amide bonds. The van der Waals surface area contributed by atoms with Crippen LogP contribution in [0.5, 0.6) is 0 Å². The molecule has 1 aliphatic rings. The highest BCUT2D eigenvalue weighted by atomic mass is 35.5. The lowest BCUT2D eigenvalue weighted by molar-refractivity contribution is 0.738. The van der Waals surface area contributed by atoms with Gasteiger partial charge in [-0.25, -0.2) is 9.97 Å². The molecule has 0 saturated heterocycles. The number of rotatable bonds is 2. The van der Waals surface area contributed by atoms with Crippen LogP contribution in [0, 0.1) is 6.92 Å². The zero-order valence-electron chi connectivity index (χ0n) is 16.2. The second-order valence-corrected chi connectivity index (χ2v) is 7.11. The summed E-state index contributed by atoms with van der Waals surface area (Å²) in [4.78, 5) is 22.2. The summed E-state index contributed by atoms with van der Waals surface area (Å²) in [5.74, 6) is 0. The molecule has 0 aromatic carbocycles. The summed E-state index contributed by atoms with van der Waals surface area (Å²) in [6.07, 6.45) is 6.82. The molecule has 0 spiro atoms. The van der Waals surface area contributed by atoms with Crippen molar-refractivity contribution >= 4 is 34.5 Å². The first-order chi connectivity index (χ1) is 13.6. The summed E-state index contributed by atoms with van der Waals surface area (Å²) in [5.41, 5.74) is 5.94. The zero-order valence-corrected chi connectivity index (χ0v) is 17.0. The summed E-state index contributed by atoms with van der Waals surface area (Å²) in [5, 5.41) is 8.59. The molecule has 0 unspecified atom stereocenters. The van der Waals surface area contributed by atoms with E-state index in [2.05, 4.69) is 26.5 Å². The van der Waals surface area contributed by atoms with Gasteiger partial charge in [0.15, 0.2) is 0 Å². The van der Waals surface area contributed by atoms with Crippen LogP contribution in [-0.2, 0) is 7.05 Å². The van der Waals surface area contributed by atoms with E-state index in [1.807, 2.05) is 38.4 Å². The first kappa shape index (κ1) is 19.3. The number of halogens is 1. The van der Waals surface area contributed by atoms with Crippen molar-refractivity contribution in [3.05, 3.63) is 64.3 Å². The molecule has 0 bridgehead atoms. The highest BCUT2D eigenvalue weighted by Gasteiger charge is 2.13. The number of aromatic nitrogens is 5. The van der Waals surface area contributed by atoms with Crippen molar-refractivity contribution in [3.8, 4) is 11.4 Å². The van der Waals surface area contributed by atoms with Crippen LogP contribution in [0.3, 0.4) is 0 Å². The summed E-state index contributed by atoms with van der Waals surface area (Å²) >= 11 is 0. The number of pyridine rings is 2. The van der Waals surface area contributed by atoms with Gasteiger partial charge in [-0.2, -0.15) is 5.10 Å². The topological polar surface area (TPSA) is 77.1 Å². The molecule has 8 heteroatoms. The highest BCUT2D eigenvalue weighted by molar-refractivity contribution is 5.85. The minimum Gasteiger partial charge on any atom is -0.313 e. The van der Waals surface area contributed by atoms with Gasteiger partial charge in [0.05, 0.1) is 28.8 Å². The predicted molar refractivity (Wildman–Crippen MR) is 116 cm³/mol. The van der Waals surface area contributed by atoms with E-state index in [0.29, 0.717) is 17.0 Å². The molecule has 4 aromatic heterocycles. The quantitative estimate of drug-likeness (QED) is 0.552. The Morgan fingerprint density at radius 3 is 2.76 bits per heavy atom. The SMILES string of the molecule is Cc1nc(-c2cc(=O)n3cc(C4=CCNCC4)ccc3n2)cc2cnn(C)c12.Cl. The van der Waals surface area contributed by atoms with Gasteiger partial charge in [0.25, 0.3) is 5.56 Å². The van der Waals surface area contributed by atoms with E-state index in [9.17, 15) is 4.79 Å². The first-order valence-corrected chi connectivity index (χ1v) is 9.33. The molecular formula is C21H21ClN6O. The lowest BCUT2D eigenvalue weighted by Gasteiger charge is -2.15. The van der Waals surface area contributed by atoms with Crippen molar-refractivity contribution in [2.45, 2.75) is 13.3 Å². The molecule has 1 aliphatic heterocycles. The molecule has 0 radical (unpaired) electrons. The second kappa shape index (κ2) is 7.42. The van der Waals surface area contributed by atoms with E-state index in [1.165, 1.54) is 5.57 Å². The Hall–Kier alpha value is -3.03. The Labute approximate surface area is 173 Å². The van der Waals surface area contributed by atoms with Gasteiger partial charge in [-0.05, 0) is 49.2 Å². The van der Waals surface area contributed by atoms with E-state index >= 15 is 0 Å². The van der Waals surface area contributed by atoms with Gasteiger partial charge in [-0.3, -0.25) is 13.9 Å². The van der Waals surface area contributed by atoms with E-state index in [4.69, 9.17) is 0 Å². The van der Waals surface area contributed by atoms with Crippen molar-refractivity contribution in [2.24, 2.45) is 7.05 Å². The number of fused-ring (bicyclic) bond motifs is 2. The first-order valence-electron chi connectivity index (χ1n) is 9.33. The van der Waals surface area contributed by atoms with Crippen molar-refractivity contribution in [3.63, 3.8) is 0 Å². The van der Waals surface area contributed by atoms with Gasteiger partial charge < -0.3 is 5.32 Å². The van der Waals surface area contributed by atoms with Gasteiger partial charge in [0.2, 0.25) is 0 Å². The minimum atomic E-state index is -0.109. The lowest BCUT2D eigenvalue weighted by Crippen LogP contribution is -2.20. The van der Waals surface area contributed by atoms with Crippen LogP contribution in [0.25, 0.3) is 33.5 Å². The van der Waals surface area contributed by atoms with Crippen LogP contribution in [0.15, 0.2) is 47.5 Å². The molecule has 5 rings (SSSR count). The van der Waals surface area contributed by atoms with Crippen molar-refractivity contribution < 1.29 is 0 Å². The molecule has 5 heterocycles. The number of aryl methyl sites for hydroxylation is 2. The molecule has 4 aromatic rings. The third-order valence-electron chi connectivity index (χ3n) is 5.25. The molecule has 0 aliphatic carbocycles. The third-order valence-corrected chi connectivity index (χ3v) is 5.25. The fraction of sp³-hybridized carbons (Fsp3) is 0.238. The van der Waals surface area contributed by atoms with Crippen LogP contribution in [0.4, 0.5) is 0 Å². The molecule has 7 nitrogen and oxygen atoms in total. The van der Waals surface area contributed by atoms with Gasteiger partial charge in [0, 0.05) is 31.2 Å². The zero-order chi connectivity index (χ0) is 19.3. The smallest absolute Gasteiger partial charge is 0.258 e. The maximum atomic E-state index is 12.8. The molecule has 148 valence electrons. The number of nitrogens with zero attached hydrogens (tertiary/aromatic N) is 5. The summed E-state index contributed by atoms with van der Waals surface area (Å²) < 4.78 is 3.41. The number of hydrogen-bond donors (Lipinski definition) is 1. The van der Waals surface area contributed by atoms with Gasteiger partial charge in [-0.1, -0.05) is 6.08 Å². The van der Waals surface area contributed by atoms with Gasteiger partial charge in [-0.15, -0.1) is 12.4 Å². The Balaban J connectivity index is 0.00000205. The normalized spacial score (nSPS) is 14.1. The van der Waals surface area contributed by atoms with E-state index in [-0.39, 0.29) is 18.0 Å². The molecule has 0 fully saturated rings. The van der Waals surface area contributed by atoms with Crippen LogP contribution in [0.2, 0.25) is 0 Å². The summed E-state index contributed by atoms with van der Waals surface area (Å²) in [6.45, 7) is 3.76. The van der Waals surface area contributed by atoms with Crippen molar-refractivity contribution in [1.29, 1.82) is 0 Å². The largest absolute Gasteiger partial charge is 0.313 e. The Bertz CT molecular complexity index is 1320. The Morgan fingerprint density at radius 2 is 1.97 bits per heavy atom.